The number of carboxylic acid groups (broad SMARTS) is 1. The van der Waals surface area contributed by atoms with Crippen LogP contribution in [0.4, 0.5) is 10.2 Å². The molecule has 0 radical (unpaired) electrons. The standard InChI is InChI=1S/C43H53BrFN11O12/c1-26(57)41-30-17-27(5-7-32(30)56(54-41)23-40(61)55-22-29(45)18-33(55)42(62)53-35-4-2-3-34(44)52-35)28-19-49-36(50-20-28)21-51-39(60)25-68-16-14-66-12-10-48-38(59)24-67-15-13-65-11-9-47-37(58)8-6-31(46)43(63)64/h2-5,7,17,19-20,29,31,33H,6,8-16,18,21-25,46H2,1H3,(H,47,58)(H,48,59)(H,51,60)(H,63,64)(H,52,53,62)/t29-,31+,33+/m1/s1. The average Bonchev–Trinajstić information content (AvgIpc) is 3.89. The van der Waals surface area contributed by atoms with Crippen LogP contribution < -0.4 is 27.0 Å². The van der Waals surface area contributed by atoms with E-state index in [-0.39, 0.29) is 134 Å². The number of pyridine rings is 1. The number of halogens is 2. The number of likely N-dealkylation sites (tertiary alicyclic amines) is 1. The highest BCUT2D eigenvalue weighted by atomic mass is 79.9. The van der Waals surface area contributed by atoms with Gasteiger partial charge in [-0.15, -0.1) is 0 Å². The summed E-state index contributed by atoms with van der Waals surface area (Å²) in [6, 6.07) is 7.96. The van der Waals surface area contributed by atoms with E-state index in [1.807, 2.05) is 0 Å². The number of benzene rings is 1. The summed E-state index contributed by atoms with van der Waals surface area (Å²) >= 11 is 3.24. The van der Waals surface area contributed by atoms with Crippen LogP contribution in [-0.2, 0) is 60.8 Å². The van der Waals surface area contributed by atoms with Gasteiger partial charge in [-0.2, -0.15) is 5.10 Å². The lowest BCUT2D eigenvalue weighted by Crippen LogP contribution is -2.44. The van der Waals surface area contributed by atoms with Crippen LogP contribution in [0.3, 0.4) is 0 Å². The highest BCUT2D eigenvalue weighted by Crippen LogP contribution is 2.28. The number of ketones is 1. The predicted molar refractivity (Wildman–Crippen MR) is 242 cm³/mol. The van der Waals surface area contributed by atoms with Gasteiger partial charge in [-0.1, -0.05) is 12.1 Å². The second kappa shape index (κ2) is 26.8. The Labute approximate surface area is 397 Å². The number of ether oxygens (including phenoxy) is 4. The van der Waals surface area contributed by atoms with E-state index in [1.54, 1.807) is 48.8 Å². The van der Waals surface area contributed by atoms with Gasteiger partial charge in [0.2, 0.25) is 29.5 Å². The molecular formula is C43H53BrFN11O12. The zero-order valence-electron chi connectivity index (χ0n) is 37.1. The van der Waals surface area contributed by atoms with Gasteiger partial charge in [-0.05, 0) is 52.2 Å². The number of anilines is 1. The highest BCUT2D eigenvalue weighted by Gasteiger charge is 2.40. The summed E-state index contributed by atoms with van der Waals surface area (Å²) in [5.41, 5.74) is 7.22. The molecule has 4 heterocycles. The number of alkyl halides is 1. The lowest BCUT2D eigenvalue weighted by molar-refractivity contribution is -0.139. The molecule has 0 unspecified atom stereocenters. The summed E-state index contributed by atoms with van der Waals surface area (Å²) in [4.78, 5) is 100.0. The number of aromatic nitrogens is 5. The van der Waals surface area contributed by atoms with Crippen molar-refractivity contribution in [1.29, 1.82) is 0 Å². The molecular weight excluding hydrogens is 961 g/mol. The number of rotatable bonds is 28. The minimum atomic E-state index is -1.40. The SMILES string of the molecule is CC(=O)c1nn(CC(=O)N2C[C@H](F)C[C@H]2C(=O)Nc2cccc(Br)n2)c2ccc(-c3cnc(CNC(=O)COCCOCCNC(=O)COCCOCCNC(=O)CC[C@H](N)C(=O)O)nc3)cc12. The molecule has 0 bridgehead atoms. The Hall–Kier alpha value is -6.38. The van der Waals surface area contributed by atoms with Gasteiger partial charge in [0.1, 0.15) is 60.0 Å². The highest BCUT2D eigenvalue weighted by molar-refractivity contribution is 9.10. The molecule has 5 rings (SSSR count). The number of amides is 5. The first-order valence-electron chi connectivity index (χ1n) is 21.5. The first-order valence-corrected chi connectivity index (χ1v) is 22.3. The van der Waals surface area contributed by atoms with E-state index in [1.165, 1.54) is 16.5 Å². The smallest absolute Gasteiger partial charge is 0.320 e. The van der Waals surface area contributed by atoms with Crippen LogP contribution in [0.25, 0.3) is 22.0 Å². The number of carbonyl (C=O) groups is 7. The molecule has 3 atom stereocenters. The molecule has 1 aliphatic heterocycles. The van der Waals surface area contributed by atoms with Crippen molar-refractivity contribution >= 4 is 73.9 Å². The van der Waals surface area contributed by atoms with E-state index in [9.17, 15) is 38.0 Å². The Morgan fingerprint density at radius 2 is 1.51 bits per heavy atom. The molecule has 366 valence electrons. The van der Waals surface area contributed by atoms with Crippen LogP contribution in [0.1, 0.15) is 42.5 Å². The van der Waals surface area contributed by atoms with Crippen LogP contribution >= 0.6 is 15.9 Å². The minimum absolute atomic E-state index is 0.00476. The van der Waals surface area contributed by atoms with Crippen molar-refractivity contribution in [2.24, 2.45) is 5.73 Å². The van der Waals surface area contributed by atoms with Crippen LogP contribution in [0, 0.1) is 0 Å². The summed E-state index contributed by atoms with van der Waals surface area (Å²) in [6.07, 6.45) is 1.58. The van der Waals surface area contributed by atoms with Gasteiger partial charge in [-0.25, -0.2) is 19.3 Å². The molecule has 1 aliphatic rings. The third kappa shape index (κ3) is 16.7. The van der Waals surface area contributed by atoms with Crippen LogP contribution in [0.5, 0.6) is 0 Å². The van der Waals surface area contributed by atoms with Crippen molar-refractivity contribution in [2.75, 3.05) is 77.8 Å². The van der Waals surface area contributed by atoms with Crippen molar-refractivity contribution in [3.63, 3.8) is 0 Å². The van der Waals surface area contributed by atoms with Gasteiger partial charge in [-0.3, -0.25) is 38.2 Å². The molecule has 0 saturated carbocycles. The van der Waals surface area contributed by atoms with Gasteiger partial charge in [0.25, 0.3) is 0 Å². The predicted octanol–water partition coefficient (Wildman–Crippen LogP) is 0.538. The number of carbonyl (C=O) groups excluding carboxylic acids is 6. The lowest BCUT2D eigenvalue weighted by atomic mass is 10.0. The largest absolute Gasteiger partial charge is 0.480 e. The summed E-state index contributed by atoms with van der Waals surface area (Å²) in [6.45, 7) is 1.92. The van der Waals surface area contributed by atoms with Crippen molar-refractivity contribution in [1.82, 2.24) is 45.6 Å². The third-order valence-corrected chi connectivity index (χ3v) is 10.5. The molecule has 3 aromatic heterocycles. The van der Waals surface area contributed by atoms with Crippen LogP contribution in [-0.4, -0.2) is 167 Å². The average molecular weight is 1010 g/mol. The van der Waals surface area contributed by atoms with Crippen molar-refractivity contribution < 1.29 is 62.0 Å². The summed E-state index contributed by atoms with van der Waals surface area (Å²) in [7, 11) is 0. The normalized spacial score (nSPS) is 14.9. The molecule has 5 amide bonds. The second-order valence-corrected chi connectivity index (χ2v) is 16.0. The van der Waals surface area contributed by atoms with Gasteiger partial charge in [0.15, 0.2) is 5.78 Å². The van der Waals surface area contributed by atoms with Crippen LogP contribution in [0.15, 0.2) is 53.4 Å². The number of nitrogens with two attached hydrogens (primary N) is 1. The Kier molecular flexibility index (Phi) is 20.7. The van der Waals surface area contributed by atoms with E-state index in [4.69, 9.17) is 29.8 Å². The Balaban J connectivity index is 0.950. The zero-order chi connectivity index (χ0) is 49.0. The number of carboxylic acids is 1. The van der Waals surface area contributed by atoms with E-state index >= 15 is 0 Å². The maximum Gasteiger partial charge on any atom is 0.320 e. The number of fused-ring (bicyclic) bond motifs is 1. The Morgan fingerprint density at radius 1 is 0.868 bits per heavy atom. The van der Waals surface area contributed by atoms with Gasteiger partial charge < -0.3 is 56.0 Å². The monoisotopic (exact) mass is 1010 g/mol. The van der Waals surface area contributed by atoms with E-state index in [0.29, 0.717) is 32.5 Å². The molecule has 0 aliphatic carbocycles. The molecule has 0 spiro atoms. The fourth-order valence-corrected chi connectivity index (χ4v) is 6.97. The molecule has 1 fully saturated rings. The number of nitrogens with one attached hydrogen (secondary N) is 4. The fraction of sp³-hybridized carbons (Fsp3) is 0.465. The first-order chi connectivity index (χ1) is 32.7. The summed E-state index contributed by atoms with van der Waals surface area (Å²) in [5, 5.41) is 24.2. The summed E-state index contributed by atoms with van der Waals surface area (Å²) < 4.78 is 37.8. The second-order valence-electron chi connectivity index (χ2n) is 15.2. The quantitative estimate of drug-likeness (QED) is 0.0257. The number of Topliss-reactive ketones (excluding diaryl/α,β-unsaturated/α-hetero) is 1. The molecule has 25 heteroatoms. The van der Waals surface area contributed by atoms with Crippen LogP contribution in [0.2, 0.25) is 0 Å². The van der Waals surface area contributed by atoms with Crippen molar-refractivity contribution in [2.45, 2.75) is 57.5 Å². The Morgan fingerprint density at radius 3 is 2.16 bits per heavy atom. The van der Waals surface area contributed by atoms with Gasteiger partial charge in [0.05, 0.1) is 58.2 Å². The number of hydrogen-bond donors (Lipinski definition) is 6. The fourth-order valence-electron chi connectivity index (χ4n) is 6.62. The number of aliphatic carboxylic acids is 1. The lowest BCUT2D eigenvalue weighted by Gasteiger charge is -2.23. The maximum absolute atomic E-state index is 14.6. The van der Waals surface area contributed by atoms with Crippen molar-refractivity contribution in [3.05, 3.63) is 64.9 Å². The maximum atomic E-state index is 14.6. The molecule has 4 aromatic rings. The van der Waals surface area contributed by atoms with Gasteiger partial charge in [0, 0.05) is 56.2 Å². The topological polar surface area (TPSA) is 311 Å². The summed E-state index contributed by atoms with van der Waals surface area (Å²) in [5.74, 6) is -3.12. The number of hydrogen-bond acceptors (Lipinski definition) is 16. The molecule has 7 N–H and O–H groups in total. The van der Waals surface area contributed by atoms with E-state index in [0.717, 1.165) is 0 Å². The number of nitrogens with zero attached hydrogens (tertiary/aromatic N) is 6. The molecule has 1 saturated heterocycles. The van der Waals surface area contributed by atoms with Crippen molar-refractivity contribution in [3.8, 4) is 11.1 Å². The van der Waals surface area contributed by atoms with Gasteiger partial charge >= 0.3 is 5.97 Å². The Bertz CT molecular complexity index is 2390. The molecule has 23 nitrogen and oxygen atoms in total. The van der Waals surface area contributed by atoms with E-state index < -0.39 is 41.9 Å². The zero-order valence-corrected chi connectivity index (χ0v) is 38.7. The van der Waals surface area contributed by atoms with E-state index in [2.05, 4.69) is 57.2 Å². The first kappa shape index (κ1) is 52.6. The third-order valence-electron chi connectivity index (χ3n) is 10.0. The minimum Gasteiger partial charge on any atom is -0.480 e. The molecule has 68 heavy (non-hydrogen) atoms. The molecule has 1 aromatic carbocycles.